The molecule has 0 aliphatic heterocycles. The number of hydrogen-bond acceptors (Lipinski definition) is 5. The van der Waals surface area contributed by atoms with Crippen LogP contribution in [0.1, 0.15) is 6.92 Å². The van der Waals surface area contributed by atoms with Gasteiger partial charge in [-0.15, -0.1) is 0 Å². The third-order valence-electron chi connectivity index (χ3n) is 1.76. The number of nitrogens with two attached hydrogens (primary N) is 1. The van der Waals surface area contributed by atoms with Crippen molar-refractivity contribution in [2.24, 2.45) is 12.8 Å². The topological polar surface area (TPSA) is 70.1 Å². The number of esters is 1. The molecule has 15 heavy (non-hydrogen) atoms. The quantitative estimate of drug-likeness (QED) is 0.584. The van der Waals surface area contributed by atoms with Crippen molar-refractivity contribution in [1.82, 2.24) is 9.55 Å². The lowest BCUT2D eigenvalue weighted by Crippen LogP contribution is -2.34. The summed E-state index contributed by atoms with van der Waals surface area (Å²) in [6.45, 7) is 2.12. The average Bonchev–Trinajstić information content (AvgIpc) is 2.61. The van der Waals surface area contributed by atoms with Gasteiger partial charge in [-0.05, 0) is 6.92 Å². The van der Waals surface area contributed by atoms with E-state index in [0.717, 1.165) is 5.16 Å². The predicted octanol–water partition coefficient (Wildman–Crippen LogP) is 0.403. The van der Waals surface area contributed by atoms with E-state index in [-0.39, 0.29) is 5.97 Å². The Morgan fingerprint density at radius 2 is 2.53 bits per heavy atom. The fraction of sp³-hybridized carbons (Fsp3) is 0.556. The lowest BCUT2D eigenvalue weighted by Gasteiger charge is -2.09. The Morgan fingerprint density at radius 3 is 3.07 bits per heavy atom. The van der Waals surface area contributed by atoms with Crippen molar-refractivity contribution in [3.8, 4) is 0 Å². The van der Waals surface area contributed by atoms with Gasteiger partial charge in [0.1, 0.15) is 6.04 Å². The maximum atomic E-state index is 11.2. The maximum Gasteiger partial charge on any atom is 0.323 e. The van der Waals surface area contributed by atoms with Gasteiger partial charge in [-0.3, -0.25) is 4.79 Å². The van der Waals surface area contributed by atoms with Crippen LogP contribution in [0.25, 0.3) is 0 Å². The van der Waals surface area contributed by atoms with Crippen LogP contribution in [0.15, 0.2) is 17.6 Å². The molecule has 1 aromatic rings. The summed E-state index contributed by atoms with van der Waals surface area (Å²) < 4.78 is 6.68. The highest BCUT2D eigenvalue weighted by atomic mass is 32.2. The summed E-state index contributed by atoms with van der Waals surface area (Å²) >= 11 is 1.44. The predicted molar refractivity (Wildman–Crippen MR) is 58.5 cm³/mol. The molecule has 1 heterocycles. The third kappa shape index (κ3) is 3.56. The van der Waals surface area contributed by atoms with Crippen LogP contribution in [0.5, 0.6) is 0 Å². The first-order valence-corrected chi connectivity index (χ1v) is 5.66. The molecule has 0 aliphatic carbocycles. The lowest BCUT2D eigenvalue weighted by molar-refractivity contribution is -0.144. The second-order valence-corrected chi connectivity index (χ2v) is 3.98. The molecule has 0 aliphatic rings. The van der Waals surface area contributed by atoms with E-state index in [2.05, 4.69) is 4.98 Å². The highest BCUT2D eigenvalue weighted by molar-refractivity contribution is 7.99. The molecule has 1 atom stereocenters. The third-order valence-corrected chi connectivity index (χ3v) is 2.94. The van der Waals surface area contributed by atoms with Crippen molar-refractivity contribution in [3.05, 3.63) is 12.4 Å². The fourth-order valence-electron chi connectivity index (χ4n) is 0.973. The van der Waals surface area contributed by atoms with E-state index in [1.165, 1.54) is 11.8 Å². The van der Waals surface area contributed by atoms with Gasteiger partial charge in [0, 0.05) is 25.2 Å². The average molecular weight is 229 g/mol. The molecule has 0 fully saturated rings. The van der Waals surface area contributed by atoms with Crippen LogP contribution in [0.2, 0.25) is 0 Å². The number of aromatic nitrogens is 2. The van der Waals surface area contributed by atoms with Gasteiger partial charge in [-0.25, -0.2) is 4.98 Å². The van der Waals surface area contributed by atoms with Gasteiger partial charge in [0.15, 0.2) is 5.16 Å². The Bertz CT molecular complexity index is 327. The molecule has 5 nitrogen and oxygen atoms in total. The summed E-state index contributed by atoms with van der Waals surface area (Å²) in [6.07, 6.45) is 3.55. The molecule has 0 spiro atoms. The van der Waals surface area contributed by atoms with E-state index in [4.69, 9.17) is 10.5 Å². The normalized spacial score (nSPS) is 12.5. The molecule has 0 radical (unpaired) electrons. The van der Waals surface area contributed by atoms with Gasteiger partial charge < -0.3 is 15.0 Å². The van der Waals surface area contributed by atoms with Gasteiger partial charge in [0.05, 0.1) is 6.61 Å². The Balaban J connectivity index is 2.37. The molecule has 1 aromatic heterocycles. The van der Waals surface area contributed by atoms with Crippen molar-refractivity contribution in [2.45, 2.75) is 18.1 Å². The monoisotopic (exact) mass is 229 g/mol. The lowest BCUT2D eigenvalue weighted by atomic mass is 10.4. The number of nitrogens with zero attached hydrogens (tertiary/aromatic N) is 2. The van der Waals surface area contributed by atoms with E-state index >= 15 is 0 Å². The molecule has 1 unspecified atom stereocenters. The summed E-state index contributed by atoms with van der Waals surface area (Å²) in [6, 6.07) is -0.591. The summed E-state index contributed by atoms with van der Waals surface area (Å²) in [5.74, 6) is 0.114. The molecular weight excluding hydrogens is 214 g/mol. The van der Waals surface area contributed by atoms with Crippen molar-refractivity contribution in [2.75, 3.05) is 12.4 Å². The molecular formula is C9H15N3O2S. The zero-order chi connectivity index (χ0) is 11.3. The van der Waals surface area contributed by atoms with Crippen molar-refractivity contribution < 1.29 is 9.53 Å². The number of carbonyl (C=O) groups is 1. The minimum absolute atomic E-state index is 0.361. The molecule has 84 valence electrons. The van der Waals surface area contributed by atoms with Crippen molar-refractivity contribution >= 4 is 17.7 Å². The number of hydrogen-bond donors (Lipinski definition) is 1. The molecule has 0 saturated heterocycles. The van der Waals surface area contributed by atoms with E-state index < -0.39 is 6.04 Å². The highest BCUT2D eigenvalue weighted by Gasteiger charge is 2.15. The van der Waals surface area contributed by atoms with Crippen LogP contribution in [-0.2, 0) is 16.6 Å². The molecule has 6 heteroatoms. The first-order valence-electron chi connectivity index (χ1n) is 4.67. The summed E-state index contributed by atoms with van der Waals surface area (Å²) in [4.78, 5) is 15.3. The van der Waals surface area contributed by atoms with Gasteiger partial charge in [-0.1, -0.05) is 11.8 Å². The highest BCUT2D eigenvalue weighted by Crippen LogP contribution is 2.15. The van der Waals surface area contributed by atoms with Crippen LogP contribution in [-0.4, -0.2) is 33.9 Å². The summed E-state index contributed by atoms with van der Waals surface area (Å²) in [7, 11) is 1.89. The largest absolute Gasteiger partial charge is 0.465 e. The fourth-order valence-corrected chi connectivity index (χ4v) is 1.84. The number of aryl methyl sites for hydroxylation is 1. The maximum absolute atomic E-state index is 11.2. The molecule has 0 bridgehead atoms. The van der Waals surface area contributed by atoms with E-state index in [0.29, 0.717) is 12.4 Å². The van der Waals surface area contributed by atoms with E-state index in [1.807, 2.05) is 17.8 Å². The van der Waals surface area contributed by atoms with Crippen LogP contribution < -0.4 is 5.73 Å². The second-order valence-electron chi connectivity index (χ2n) is 2.99. The number of rotatable bonds is 5. The van der Waals surface area contributed by atoms with E-state index in [1.54, 1.807) is 13.1 Å². The number of carbonyl (C=O) groups excluding carboxylic acids is 1. The van der Waals surface area contributed by atoms with Crippen LogP contribution in [0.3, 0.4) is 0 Å². The molecule has 0 aromatic carbocycles. The minimum atomic E-state index is -0.591. The molecule has 2 N–H and O–H groups in total. The Morgan fingerprint density at radius 1 is 1.80 bits per heavy atom. The Labute approximate surface area is 93.0 Å². The summed E-state index contributed by atoms with van der Waals surface area (Å²) in [5.41, 5.74) is 5.64. The van der Waals surface area contributed by atoms with Crippen LogP contribution in [0, 0.1) is 0 Å². The van der Waals surface area contributed by atoms with Crippen LogP contribution >= 0.6 is 11.8 Å². The Hall–Kier alpha value is -1.01. The number of imidazole rings is 1. The number of thioether (sulfide) groups is 1. The Kier molecular flexibility index (Phi) is 4.64. The molecule has 1 rings (SSSR count). The van der Waals surface area contributed by atoms with Crippen LogP contribution in [0.4, 0.5) is 0 Å². The first kappa shape index (κ1) is 12.1. The zero-order valence-electron chi connectivity index (χ0n) is 8.84. The molecule has 0 saturated carbocycles. The second kappa shape index (κ2) is 5.77. The van der Waals surface area contributed by atoms with Crippen molar-refractivity contribution in [3.63, 3.8) is 0 Å². The van der Waals surface area contributed by atoms with Crippen molar-refractivity contribution in [1.29, 1.82) is 0 Å². The first-order chi connectivity index (χ1) is 7.15. The smallest absolute Gasteiger partial charge is 0.323 e. The summed E-state index contributed by atoms with van der Waals surface area (Å²) in [5, 5.41) is 0.842. The van der Waals surface area contributed by atoms with Gasteiger partial charge in [0.25, 0.3) is 0 Å². The molecule has 0 amide bonds. The minimum Gasteiger partial charge on any atom is -0.465 e. The van der Waals surface area contributed by atoms with E-state index in [9.17, 15) is 4.79 Å². The number of ether oxygens (including phenoxy) is 1. The van der Waals surface area contributed by atoms with Gasteiger partial charge >= 0.3 is 5.97 Å². The zero-order valence-corrected chi connectivity index (χ0v) is 9.66. The van der Waals surface area contributed by atoms with Gasteiger partial charge in [0.2, 0.25) is 0 Å². The standard InChI is InChI=1S/C9H15N3O2S/c1-3-14-8(13)7(10)6-15-9-11-4-5-12(9)2/h4-5,7H,3,6,10H2,1-2H3. The SMILES string of the molecule is CCOC(=O)C(N)CSc1nccn1C. The van der Waals surface area contributed by atoms with Gasteiger partial charge in [-0.2, -0.15) is 0 Å².